The van der Waals surface area contributed by atoms with E-state index in [1.54, 1.807) is 28.1 Å². The first kappa shape index (κ1) is 33.7. The van der Waals surface area contributed by atoms with E-state index in [1.165, 1.54) is 10.8 Å². The number of aromatic nitrogens is 2. The molecule has 0 spiro atoms. The van der Waals surface area contributed by atoms with Crippen LogP contribution in [-0.2, 0) is 24.2 Å². The molecule has 3 aromatic carbocycles. The van der Waals surface area contributed by atoms with Crippen LogP contribution in [0.15, 0.2) is 94.6 Å². The maximum Gasteiger partial charge on any atom is 0.330 e. The minimum Gasteiger partial charge on any atom is -0.770 e. The molecule has 1 N–H and O–H groups in total. The number of aromatic amines is 1. The van der Waals surface area contributed by atoms with Crippen LogP contribution in [0.1, 0.15) is 41.8 Å². The van der Waals surface area contributed by atoms with Crippen LogP contribution in [0.4, 0.5) is 0 Å². The van der Waals surface area contributed by atoms with Gasteiger partial charge in [0.1, 0.15) is 29.4 Å². The van der Waals surface area contributed by atoms with Gasteiger partial charge in [0.25, 0.3) is 5.56 Å². The third kappa shape index (κ3) is 7.17. The van der Waals surface area contributed by atoms with E-state index in [1.807, 2.05) is 78.9 Å². The molecule has 11 nitrogen and oxygen atoms in total. The molecule has 46 heavy (non-hydrogen) atoms. The summed E-state index contributed by atoms with van der Waals surface area (Å²) in [5.41, 5.74) is 0.280. The summed E-state index contributed by atoms with van der Waals surface area (Å²) in [6, 6.07) is 24.6. The first-order valence-corrected chi connectivity index (χ1v) is 17.8. The second-order valence-electron chi connectivity index (χ2n) is 10.7. The van der Waals surface area contributed by atoms with Crippen molar-refractivity contribution in [1.82, 2.24) is 9.55 Å². The molecule has 244 valence electrons. The lowest BCUT2D eigenvalue weighted by atomic mass is 9.80. The van der Waals surface area contributed by atoms with Gasteiger partial charge in [-0.3, -0.25) is 18.9 Å². The Labute approximate surface area is 270 Å². The van der Waals surface area contributed by atoms with E-state index in [4.69, 9.17) is 23.5 Å². The number of hydrogen-bond acceptors (Lipinski definition) is 10. The first-order chi connectivity index (χ1) is 22.1. The lowest BCUT2D eigenvalue weighted by Gasteiger charge is -2.37. The van der Waals surface area contributed by atoms with Crippen LogP contribution in [-0.4, -0.2) is 48.3 Å². The molecule has 2 heterocycles. The Morgan fingerprint density at radius 1 is 0.957 bits per heavy atom. The SMILES string of the molecule is CCSP(=O)([O-])O[C@H]1C[C@H](n2cc(C)c(=O)[nH]c2=O)O[C@@H]1COC(c1ccccc1)(c1ccc(OC)cc1)c1ccc(OC)cc1. The van der Waals surface area contributed by atoms with Crippen LogP contribution in [0.3, 0.4) is 0 Å². The van der Waals surface area contributed by atoms with Gasteiger partial charge in [-0.2, -0.15) is 0 Å². The summed E-state index contributed by atoms with van der Waals surface area (Å²) in [4.78, 5) is 40.0. The van der Waals surface area contributed by atoms with Crippen LogP contribution in [0, 0.1) is 6.92 Å². The van der Waals surface area contributed by atoms with E-state index in [2.05, 4.69) is 4.98 Å². The van der Waals surface area contributed by atoms with Gasteiger partial charge >= 0.3 is 5.69 Å². The van der Waals surface area contributed by atoms with Gasteiger partial charge in [-0.15, -0.1) is 0 Å². The highest BCUT2D eigenvalue weighted by Crippen LogP contribution is 2.54. The Hall–Kier alpha value is -3.64. The molecule has 13 heteroatoms. The van der Waals surface area contributed by atoms with E-state index >= 15 is 0 Å². The molecule has 4 aromatic rings. The molecule has 0 amide bonds. The van der Waals surface area contributed by atoms with Gasteiger partial charge in [-0.1, -0.05) is 72.9 Å². The maximum absolute atomic E-state index is 12.9. The highest BCUT2D eigenvalue weighted by Gasteiger charge is 2.44. The first-order valence-electron chi connectivity index (χ1n) is 14.7. The molecule has 1 fully saturated rings. The van der Waals surface area contributed by atoms with Gasteiger partial charge in [-0.25, -0.2) is 4.79 Å². The Morgan fingerprint density at radius 3 is 2.07 bits per heavy atom. The summed E-state index contributed by atoms with van der Waals surface area (Å²) >= 11 is 0.690. The van der Waals surface area contributed by atoms with Crippen molar-refractivity contribution in [2.75, 3.05) is 26.6 Å². The molecule has 0 bridgehead atoms. The van der Waals surface area contributed by atoms with Crippen LogP contribution in [0.2, 0.25) is 0 Å². The summed E-state index contributed by atoms with van der Waals surface area (Å²) in [5, 5.41) is 0. The Kier molecular flexibility index (Phi) is 10.6. The topological polar surface area (TPSA) is 141 Å². The van der Waals surface area contributed by atoms with Crippen molar-refractivity contribution in [2.45, 2.75) is 44.3 Å². The van der Waals surface area contributed by atoms with Gasteiger partial charge in [0.2, 0.25) is 0 Å². The quantitative estimate of drug-likeness (QED) is 0.157. The number of nitrogens with one attached hydrogen (secondary N) is 1. The van der Waals surface area contributed by atoms with Gasteiger partial charge in [0, 0.05) is 18.2 Å². The smallest absolute Gasteiger partial charge is 0.330 e. The van der Waals surface area contributed by atoms with Crippen LogP contribution < -0.4 is 25.6 Å². The maximum atomic E-state index is 12.9. The van der Waals surface area contributed by atoms with Gasteiger partial charge in [-0.05, 0) is 53.6 Å². The molecule has 1 aliphatic rings. The fourth-order valence-corrected chi connectivity index (χ4v) is 7.96. The number of nitrogens with zero attached hydrogens (tertiary/aromatic N) is 1. The summed E-state index contributed by atoms with van der Waals surface area (Å²) in [5.74, 6) is 1.62. The summed E-state index contributed by atoms with van der Waals surface area (Å²) in [7, 11) is 3.18. The van der Waals surface area contributed by atoms with Crippen molar-refractivity contribution >= 4 is 18.2 Å². The lowest BCUT2D eigenvalue weighted by Crippen LogP contribution is -2.38. The number of H-pyrrole nitrogens is 1. The minimum absolute atomic E-state index is 0.0271. The Bertz CT molecular complexity index is 1730. The van der Waals surface area contributed by atoms with E-state index in [0.29, 0.717) is 34.2 Å². The zero-order valence-electron chi connectivity index (χ0n) is 25.9. The normalized spacial score (nSPS) is 19.5. The van der Waals surface area contributed by atoms with E-state index in [-0.39, 0.29) is 13.0 Å². The monoisotopic (exact) mass is 667 g/mol. The zero-order chi connectivity index (χ0) is 32.9. The Balaban J connectivity index is 1.59. The molecule has 0 aliphatic carbocycles. The van der Waals surface area contributed by atoms with Crippen molar-refractivity contribution in [3.05, 3.63) is 128 Å². The predicted octanol–water partition coefficient (Wildman–Crippen LogP) is 4.77. The molecule has 0 radical (unpaired) electrons. The number of benzene rings is 3. The van der Waals surface area contributed by atoms with E-state index < -0.39 is 42.1 Å². The number of rotatable bonds is 13. The predicted molar refractivity (Wildman–Crippen MR) is 173 cm³/mol. The van der Waals surface area contributed by atoms with E-state index in [9.17, 15) is 19.0 Å². The molecule has 5 rings (SSSR count). The molecule has 0 saturated carbocycles. The Morgan fingerprint density at radius 2 is 1.52 bits per heavy atom. The largest absolute Gasteiger partial charge is 0.770 e. The molecule has 4 atom stereocenters. The third-order valence-corrected chi connectivity index (χ3v) is 10.9. The zero-order valence-corrected chi connectivity index (χ0v) is 27.6. The fourth-order valence-electron chi connectivity index (χ4n) is 5.57. The van der Waals surface area contributed by atoms with Crippen LogP contribution in [0.5, 0.6) is 11.5 Å². The van der Waals surface area contributed by atoms with E-state index in [0.717, 1.165) is 16.7 Å². The van der Waals surface area contributed by atoms with Gasteiger partial charge in [0.15, 0.2) is 6.80 Å². The molecule has 1 aliphatic heterocycles. The summed E-state index contributed by atoms with van der Waals surface area (Å²) < 4.78 is 43.9. The molecule has 1 saturated heterocycles. The second kappa shape index (κ2) is 14.4. The molecule has 1 aromatic heterocycles. The summed E-state index contributed by atoms with van der Waals surface area (Å²) in [6.07, 6.45) is -1.39. The average Bonchev–Trinajstić information content (AvgIpc) is 3.45. The standard InChI is InChI=1S/C33H37N2O9PS/c1-5-46-45(38,39)44-28-19-30(35-20-22(2)31(36)34-32(35)37)43-29(28)21-42-33(23-9-7-6-8-10-23,24-11-15-26(40-3)16-12-24)25-13-17-27(41-4)18-14-25/h6-18,20,28-30H,5,19,21H2,1-4H3,(H,38,39)(H,34,36,37)/p-1/t28-,29+,30+/m0/s1. The van der Waals surface area contributed by atoms with Crippen molar-refractivity contribution < 1.29 is 32.9 Å². The molecular weight excluding hydrogens is 631 g/mol. The number of ether oxygens (including phenoxy) is 4. The van der Waals surface area contributed by atoms with Gasteiger partial charge in [0.05, 0.1) is 26.9 Å². The average molecular weight is 668 g/mol. The molecular formula is C33H36N2O9PS-. The number of methoxy groups -OCH3 is 2. The number of hydrogen-bond donors (Lipinski definition) is 1. The third-order valence-electron chi connectivity index (χ3n) is 7.83. The van der Waals surface area contributed by atoms with Crippen LogP contribution >= 0.6 is 18.2 Å². The van der Waals surface area contributed by atoms with Crippen molar-refractivity contribution in [2.24, 2.45) is 0 Å². The minimum atomic E-state index is -4.32. The van der Waals surface area contributed by atoms with Gasteiger partial charge < -0.3 is 28.4 Å². The summed E-state index contributed by atoms with van der Waals surface area (Å²) in [6.45, 7) is -1.16. The molecule has 1 unspecified atom stereocenters. The fraction of sp³-hybridized carbons (Fsp3) is 0.333. The lowest BCUT2D eigenvalue weighted by molar-refractivity contribution is -0.196. The highest BCUT2D eigenvalue weighted by molar-refractivity contribution is 8.54. The van der Waals surface area contributed by atoms with Crippen LogP contribution in [0.25, 0.3) is 0 Å². The van der Waals surface area contributed by atoms with Crippen molar-refractivity contribution in [3.63, 3.8) is 0 Å². The number of aryl methyl sites for hydroxylation is 1. The second-order valence-corrected chi connectivity index (χ2v) is 14.7. The van der Waals surface area contributed by atoms with Crippen molar-refractivity contribution in [3.8, 4) is 11.5 Å². The highest BCUT2D eigenvalue weighted by atomic mass is 32.7. The van der Waals surface area contributed by atoms with Crippen molar-refractivity contribution in [1.29, 1.82) is 0 Å².